The monoisotopic (exact) mass is 444 g/mol. The highest BCUT2D eigenvalue weighted by molar-refractivity contribution is 8.00. The number of para-hydroxylation sites is 1. The highest BCUT2D eigenvalue weighted by Gasteiger charge is 2.33. The Hall–Kier alpha value is -3.26. The van der Waals surface area contributed by atoms with Crippen LogP contribution in [0.2, 0.25) is 0 Å². The summed E-state index contributed by atoms with van der Waals surface area (Å²) in [5.41, 5.74) is 0.973. The molecule has 0 unspecified atom stereocenters. The summed E-state index contributed by atoms with van der Waals surface area (Å²) in [6.45, 7) is 1.90. The maximum absolute atomic E-state index is 13.0. The van der Waals surface area contributed by atoms with E-state index in [0.717, 1.165) is 16.5 Å². The van der Waals surface area contributed by atoms with Gasteiger partial charge in [-0.15, -0.1) is 11.8 Å². The summed E-state index contributed by atoms with van der Waals surface area (Å²) >= 11 is 1.18. The van der Waals surface area contributed by atoms with Gasteiger partial charge in [0.15, 0.2) is 0 Å². The van der Waals surface area contributed by atoms with Gasteiger partial charge in [-0.25, -0.2) is 0 Å². The minimum Gasteiger partial charge on any atom is -0.325 e. The molecule has 0 atom stereocenters. The minimum absolute atomic E-state index is 0.0544. The SMILES string of the molecule is Cc1cccc(C(=O)Nc2ccc(SCC(=O)Nc3ccccc3C(F)(F)F)cc2)c1. The van der Waals surface area contributed by atoms with Gasteiger partial charge in [0.25, 0.3) is 5.91 Å². The first-order valence-corrected chi connectivity index (χ1v) is 10.3. The van der Waals surface area contributed by atoms with Gasteiger partial charge in [-0.3, -0.25) is 9.59 Å². The van der Waals surface area contributed by atoms with Crippen LogP contribution >= 0.6 is 11.8 Å². The summed E-state index contributed by atoms with van der Waals surface area (Å²) in [4.78, 5) is 25.1. The fraction of sp³-hybridized carbons (Fsp3) is 0.130. The zero-order valence-corrected chi connectivity index (χ0v) is 17.3. The van der Waals surface area contributed by atoms with Crippen LogP contribution in [0.25, 0.3) is 0 Å². The molecular weight excluding hydrogens is 425 g/mol. The summed E-state index contributed by atoms with van der Waals surface area (Å²) in [7, 11) is 0. The van der Waals surface area contributed by atoms with Crippen LogP contribution < -0.4 is 10.6 Å². The number of benzene rings is 3. The van der Waals surface area contributed by atoms with Crippen molar-refractivity contribution in [1.82, 2.24) is 0 Å². The van der Waals surface area contributed by atoms with Crippen molar-refractivity contribution in [1.29, 1.82) is 0 Å². The number of amides is 2. The zero-order valence-electron chi connectivity index (χ0n) is 16.5. The van der Waals surface area contributed by atoms with Gasteiger partial charge >= 0.3 is 6.18 Å². The number of thioether (sulfide) groups is 1. The van der Waals surface area contributed by atoms with Gasteiger partial charge in [-0.1, -0.05) is 29.8 Å². The van der Waals surface area contributed by atoms with Crippen LogP contribution in [0.15, 0.2) is 77.7 Å². The fourth-order valence-electron chi connectivity index (χ4n) is 2.80. The number of halogens is 3. The van der Waals surface area contributed by atoms with Crippen LogP contribution in [-0.4, -0.2) is 17.6 Å². The maximum atomic E-state index is 13.0. The van der Waals surface area contributed by atoms with Gasteiger partial charge in [0.1, 0.15) is 0 Å². The van der Waals surface area contributed by atoms with Gasteiger partial charge in [-0.05, 0) is 55.5 Å². The van der Waals surface area contributed by atoms with E-state index in [2.05, 4.69) is 10.6 Å². The molecule has 160 valence electrons. The van der Waals surface area contributed by atoms with Crippen LogP contribution in [0.1, 0.15) is 21.5 Å². The number of nitrogens with one attached hydrogen (secondary N) is 2. The predicted octanol–water partition coefficient (Wildman–Crippen LogP) is 6.00. The van der Waals surface area contributed by atoms with E-state index in [-0.39, 0.29) is 17.3 Å². The maximum Gasteiger partial charge on any atom is 0.418 e. The minimum atomic E-state index is -4.55. The topological polar surface area (TPSA) is 58.2 Å². The smallest absolute Gasteiger partial charge is 0.325 e. The number of anilines is 2. The second-order valence-corrected chi connectivity index (χ2v) is 7.78. The number of hydrogen-bond acceptors (Lipinski definition) is 3. The Labute approximate surface area is 181 Å². The van der Waals surface area contributed by atoms with Crippen molar-refractivity contribution in [3.8, 4) is 0 Å². The second kappa shape index (κ2) is 9.70. The number of rotatable bonds is 6. The van der Waals surface area contributed by atoms with Crippen LogP contribution in [-0.2, 0) is 11.0 Å². The van der Waals surface area contributed by atoms with Crippen molar-refractivity contribution in [3.63, 3.8) is 0 Å². The highest BCUT2D eigenvalue weighted by Crippen LogP contribution is 2.34. The molecule has 0 fully saturated rings. The van der Waals surface area contributed by atoms with E-state index in [1.165, 1.54) is 30.0 Å². The summed E-state index contributed by atoms with van der Waals surface area (Å²) in [5.74, 6) is -0.827. The Kier molecular flexibility index (Phi) is 7.02. The standard InChI is InChI=1S/C23H19F3N2O2S/c1-15-5-4-6-16(13-15)22(30)27-17-9-11-18(12-10-17)31-14-21(29)28-20-8-3-2-7-19(20)23(24,25)26/h2-13H,14H2,1H3,(H,27,30)(H,28,29). The summed E-state index contributed by atoms with van der Waals surface area (Å²) < 4.78 is 39.1. The zero-order chi connectivity index (χ0) is 22.4. The van der Waals surface area contributed by atoms with Crippen LogP contribution in [0, 0.1) is 6.92 Å². The van der Waals surface area contributed by atoms with E-state index in [4.69, 9.17) is 0 Å². The first-order valence-electron chi connectivity index (χ1n) is 9.29. The summed E-state index contributed by atoms with van der Waals surface area (Å²) in [6, 6.07) is 18.9. The van der Waals surface area contributed by atoms with Gasteiger partial charge in [0, 0.05) is 16.1 Å². The average Bonchev–Trinajstić information content (AvgIpc) is 2.73. The number of carbonyl (C=O) groups is 2. The molecule has 0 saturated carbocycles. The molecule has 0 aliphatic carbocycles. The van der Waals surface area contributed by atoms with Gasteiger partial charge in [0.05, 0.1) is 17.0 Å². The lowest BCUT2D eigenvalue weighted by atomic mass is 10.1. The molecule has 8 heteroatoms. The van der Waals surface area contributed by atoms with Crippen molar-refractivity contribution in [2.24, 2.45) is 0 Å². The molecule has 0 bridgehead atoms. The molecule has 2 amide bonds. The summed E-state index contributed by atoms with van der Waals surface area (Å²) in [6.07, 6.45) is -4.55. The summed E-state index contributed by atoms with van der Waals surface area (Å²) in [5, 5.41) is 5.11. The molecule has 0 aliphatic heterocycles. The van der Waals surface area contributed by atoms with Crippen LogP contribution in [0.4, 0.5) is 24.5 Å². The molecule has 0 aromatic heterocycles. The second-order valence-electron chi connectivity index (χ2n) is 6.73. The Morgan fingerprint density at radius 2 is 1.61 bits per heavy atom. The predicted molar refractivity (Wildman–Crippen MR) is 116 cm³/mol. The Bertz CT molecular complexity index is 1080. The molecule has 0 spiro atoms. The van der Waals surface area contributed by atoms with E-state index < -0.39 is 17.6 Å². The molecule has 0 aliphatic rings. The molecule has 31 heavy (non-hydrogen) atoms. The van der Waals surface area contributed by atoms with E-state index in [9.17, 15) is 22.8 Å². The van der Waals surface area contributed by atoms with Gasteiger partial charge in [-0.2, -0.15) is 13.2 Å². The van der Waals surface area contributed by atoms with Crippen molar-refractivity contribution >= 4 is 35.0 Å². The molecule has 0 saturated heterocycles. The molecule has 3 aromatic carbocycles. The number of hydrogen-bond donors (Lipinski definition) is 2. The lowest BCUT2D eigenvalue weighted by Gasteiger charge is -2.13. The molecule has 4 nitrogen and oxygen atoms in total. The van der Waals surface area contributed by atoms with Crippen molar-refractivity contribution in [3.05, 3.63) is 89.5 Å². The first kappa shape index (κ1) is 22.4. The van der Waals surface area contributed by atoms with E-state index in [0.29, 0.717) is 11.3 Å². The van der Waals surface area contributed by atoms with Crippen molar-refractivity contribution in [2.75, 3.05) is 16.4 Å². The van der Waals surface area contributed by atoms with E-state index in [1.807, 2.05) is 19.1 Å². The third kappa shape index (κ3) is 6.36. The highest BCUT2D eigenvalue weighted by atomic mass is 32.2. The third-order valence-electron chi connectivity index (χ3n) is 4.27. The van der Waals surface area contributed by atoms with E-state index >= 15 is 0 Å². The quantitative estimate of drug-likeness (QED) is 0.459. The lowest BCUT2D eigenvalue weighted by Crippen LogP contribution is -2.18. The molecular formula is C23H19F3N2O2S. The van der Waals surface area contributed by atoms with Crippen molar-refractivity contribution in [2.45, 2.75) is 18.0 Å². The van der Waals surface area contributed by atoms with Crippen LogP contribution in [0.5, 0.6) is 0 Å². The normalized spacial score (nSPS) is 11.1. The Balaban J connectivity index is 1.55. The van der Waals surface area contributed by atoms with Crippen molar-refractivity contribution < 1.29 is 22.8 Å². The average molecular weight is 444 g/mol. The van der Waals surface area contributed by atoms with E-state index in [1.54, 1.807) is 36.4 Å². The van der Waals surface area contributed by atoms with Gasteiger partial charge < -0.3 is 10.6 Å². The number of aryl methyl sites for hydroxylation is 1. The first-order chi connectivity index (χ1) is 14.7. The molecule has 0 radical (unpaired) electrons. The molecule has 2 N–H and O–H groups in total. The fourth-order valence-corrected chi connectivity index (χ4v) is 3.50. The third-order valence-corrected chi connectivity index (χ3v) is 5.28. The number of carbonyl (C=O) groups excluding carboxylic acids is 2. The van der Waals surface area contributed by atoms with Gasteiger partial charge in [0.2, 0.25) is 5.91 Å². The molecule has 0 heterocycles. The molecule has 3 aromatic rings. The van der Waals surface area contributed by atoms with Crippen LogP contribution in [0.3, 0.4) is 0 Å². The lowest BCUT2D eigenvalue weighted by molar-refractivity contribution is -0.137. The largest absolute Gasteiger partial charge is 0.418 e. The molecule has 3 rings (SSSR count). The Morgan fingerprint density at radius 1 is 0.903 bits per heavy atom. The Morgan fingerprint density at radius 3 is 2.29 bits per heavy atom. The number of alkyl halides is 3.